The predicted molar refractivity (Wildman–Crippen MR) is 58.8 cm³/mol. The lowest BCUT2D eigenvalue weighted by Crippen LogP contribution is -1.91. The van der Waals surface area contributed by atoms with Crippen molar-refractivity contribution in [3.63, 3.8) is 0 Å². The van der Waals surface area contributed by atoms with Crippen molar-refractivity contribution in [2.45, 2.75) is 24.7 Å². The molecular formula is C11H16OS. The van der Waals surface area contributed by atoms with Crippen molar-refractivity contribution in [3.05, 3.63) is 23.8 Å². The summed E-state index contributed by atoms with van der Waals surface area (Å²) in [6.45, 7) is 2.18. The Hall–Kier alpha value is -0.630. The molecule has 0 saturated carbocycles. The van der Waals surface area contributed by atoms with Crippen molar-refractivity contribution in [3.8, 4) is 5.75 Å². The van der Waals surface area contributed by atoms with Gasteiger partial charge in [-0.2, -0.15) is 0 Å². The fourth-order valence-corrected chi connectivity index (χ4v) is 1.76. The van der Waals surface area contributed by atoms with E-state index in [0.29, 0.717) is 0 Å². The molecule has 0 unspecified atom stereocenters. The van der Waals surface area contributed by atoms with Gasteiger partial charge in [0.05, 0.1) is 7.11 Å². The molecule has 0 spiro atoms. The van der Waals surface area contributed by atoms with Crippen LogP contribution in [0.4, 0.5) is 0 Å². The summed E-state index contributed by atoms with van der Waals surface area (Å²) in [5, 5.41) is 0. The maximum Gasteiger partial charge on any atom is 0.123 e. The highest BCUT2D eigenvalue weighted by atomic mass is 32.2. The van der Waals surface area contributed by atoms with E-state index in [2.05, 4.69) is 31.4 Å². The molecule has 1 rings (SSSR count). The summed E-state index contributed by atoms with van der Waals surface area (Å²) in [5.74, 6) is 1.02. The molecule has 13 heavy (non-hydrogen) atoms. The van der Waals surface area contributed by atoms with Gasteiger partial charge in [-0.15, -0.1) is 11.8 Å². The Morgan fingerprint density at radius 3 is 2.69 bits per heavy atom. The van der Waals surface area contributed by atoms with Gasteiger partial charge in [-0.3, -0.25) is 0 Å². The van der Waals surface area contributed by atoms with Crippen molar-refractivity contribution in [1.82, 2.24) is 0 Å². The Balaban J connectivity index is 2.93. The highest BCUT2D eigenvalue weighted by Crippen LogP contribution is 2.25. The normalized spacial score (nSPS) is 10.1. The number of ether oxygens (including phenoxy) is 1. The lowest BCUT2D eigenvalue weighted by Gasteiger charge is -2.08. The minimum atomic E-state index is 1.02. The van der Waals surface area contributed by atoms with Crippen LogP contribution in [-0.2, 0) is 6.42 Å². The van der Waals surface area contributed by atoms with Crippen LogP contribution >= 0.6 is 11.8 Å². The lowest BCUT2D eigenvalue weighted by atomic mass is 10.1. The molecule has 1 aromatic rings. The first-order valence-corrected chi connectivity index (χ1v) is 5.75. The Bertz CT molecular complexity index is 271. The van der Waals surface area contributed by atoms with Gasteiger partial charge in [-0.05, 0) is 30.4 Å². The van der Waals surface area contributed by atoms with Gasteiger partial charge in [0.2, 0.25) is 0 Å². The molecule has 0 aromatic heterocycles. The smallest absolute Gasteiger partial charge is 0.123 e. The van der Waals surface area contributed by atoms with E-state index in [1.165, 1.54) is 10.5 Å². The molecule has 0 saturated heterocycles. The summed E-state index contributed by atoms with van der Waals surface area (Å²) in [7, 11) is 1.73. The van der Waals surface area contributed by atoms with E-state index >= 15 is 0 Å². The van der Waals surface area contributed by atoms with Crippen molar-refractivity contribution in [1.29, 1.82) is 0 Å². The summed E-state index contributed by atoms with van der Waals surface area (Å²) in [6.07, 6.45) is 4.33. The molecule has 0 heterocycles. The molecule has 0 aliphatic heterocycles. The van der Waals surface area contributed by atoms with Gasteiger partial charge in [0.15, 0.2) is 0 Å². The Morgan fingerprint density at radius 1 is 1.38 bits per heavy atom. The molecule has 0 fully saturated rings. The summed E-state index contributed by atoms with van der Waals surface area (Å²) >= 11 is 1.75. The van der Waals surface area contributed by atoms with E-state index in [4.69, 9.17) is 4.74 Å². The average molecular weight is 196 g/mol. The van der Waals surface area contributed by atoms with E-state index in [1.54, 1.807) is 18.9 Å². The Morgan fingerprint density at radius 2 is 2.15 bits per heavy atom. The largest absolute Gasteiger partial charge is 0.496 e. The van der Waals surface area contributed by atoms with Crippen LogP contribution < -0.4 is 4.74 Å². The molecule has 0 radical (unpaired) electrons. The highest BCUT2D eigenvalue weighted by molar-refractivity contribution is 7.98. The Labute approximate surface area is 84.5 Å². The fourth-order valence-electron chi connectivity index (χ4n) is 1.33. The van der Waals surface area contributed by atoms with Crippen LogP contribution in [0.1, 0.15) is 18.9 Å². The van der Waals surface area contributed by atoms with Crippen LogP contribution in [0.15, 0.2) is 23.1 Å². The summed E-state index contributed by atoms with van der Waals surface area (Å²) in [5.41, 5.74) is 1.31. The number of hydrogen-bond acceptors (Lipinski definition) is 2. The van der Waals surface area contributed by atoms with Crippen molar-refractivity contribution in [2.75, 3.05) is 13.4 Å². The number of methoxy groups -OCH3 is 1. The number of hydrogen-bond donors (Lipinski definition) is 0. The number of benzene rings is 1. The fraction of sp³-hybridized carbons (Fsp3) is 0.455. The van der Waals surface area contributed by atoms with E-state index in [9.17, 15) is 0 Å². The predicted octanol–water partition coefficient (Wildman–Crippen LogP) is 3.37. The third-order valence-electron chi connectivity index (χ3n) is 2.01. The van der Waals surface area contributed by atoms with Crippen LogP contribution in [0.5, 0.6) is 5.75 Å². The van der Waals surface area contributed by atoms with Gasteiger partial charge in [0, 0.05) is 4.90 Å². The van der Waals surface area contributed by atoms with Crippen LogP contribution in [-0.4, -0.2) is 13.4 Å². The maximum atomic E-state index is 5.33. The maximum absolute atomic E-state index is 5.33. The van der Waals surface area contributed by atoms with E-state index < -0.39 is 0 Å². The van der Waals surface area contributed by atoms with Crippen LogP contribution in [0.3, 0.4) is 0 Å². The first-order chi connectivity index (χ1) is 6.31. The summed E-state index contributed by atoms with van der Waals surface area (Å²) < 4.78 is 5.33. The zero-order valence-corrected chi connectivity index (χ0v) is 9.28. The number of aryl methyl sites for hydroxylation is 1. The van der Waals surface area contributed by atoms with Crippen LogP contribution in [0.25, 0.3) is 0 Å². The first kappa shape index (κ1) is 10.5. The molecule has 0 bridgehead atoms. The van der Waals surface area contributed by atoms with Crippen molar-refractivity contribution in [2.24, 2.45) is 0 Å². The van der Waals surface area contributed by atoms with Gasteiger partial charge >= 0.3 is 0 Å². The minimum Gasteiger partial charge on any atom is -0.496 e. The van der Waals surface area contributed by atoms with Crippen LogP contribution in [0, 0.1) is 0 Å². The van der Waals surface area contributed by atoms with E-state index in [0.717, 1.165) is 18.6 Å². The van der Waals surface area contributed by atoms with Gasteiger partial charge in [-0.25, -0.2) is 0 Å². The second-order valence-electron chi connectivity index (χ2n) is 2.93. The van der Waals surface area contributed by atoms with E-state index in [-0.39, 0.29) is 0 Å². The second-order valence-corrected chi connectivity index (χ2v) is 3.81. The lowest BCUT2D eigenvalue weighted by molar-refractivity contribution is 0.408. The number of thioether (sulfide) groups is 1. The zero-order chi connectivity index (χ0) is 9.68. The van der Waals surface area contributed by atoms with Gasteiger partial charge < -0.3 is 4.74 Å². The quantitative estimate of drug-likeness (QED) is 0.683. The third kappa shape index (κ3) is 2.66. The molecule has 0 atom stereocenters. The SMILES string of the molecule is CCCc1ccc(SC)cc1OC. The minimum absolute atomic E-state index is 1.02. The molecule has 1 aromatic carbocycles. The number of rotatable bonds is 4. The molecule has 2 heteroatoms. The first-order valence-electron chi connectivity index (χ1n) is 4.52. The summed E-state index contributed by atoms with van der Waals surface area (Å²) in [6, 6.07) is 6.42. The Kier molecular flexibility index (Phi) is 4.16. The van der Waals surface area contributed by atoms with Gasteiger partial charge in [0.1, 0.15) is 5.75 Å². The summed E-state index contributed by atoms with van der Waals surface area (Å²) in [4.78, 5) is 1.26. The zero-order valence-electron chi connectivity index (χ0n) is 8.46. The van der Waals surface area contributed by atoms with Crippen LogP contribution in [0.2, 0.25) is 0 Å². The molecule has 72 valence electrons. The van der Waals surface area contributed by atoms with Crippen molar-refractivity contribution >= 4 is 11.8 Å². The standard InChI is InChI=1S/C11H16OS/c1-4-5-9-6-7-10(13-3)8-11(9)12-2/h6-8H,4-5H2,1-3H3. The van der Waals surface area contributed by atoms with Crippen molar-refractivity contribution < 1.29 is 4.74 Å². The molecular weight excluding hydrogens is 180 g/mol. The molecule has 0 aliphatic rings. The topological polar surface area (TPSA) is 9.23 Å². The second kappa shape index (κ2) is 5.18. The molecule has 0 aliphatic carbocycles. The monoisotopic (exact) mass is 196 g/mol. The highest BCUT2D eigenvalue weighted by Gasteiger charge is 2.02. The molecule has 0 N–H and O–H groups in total. The van der Waals surface area contributed by atoms with Gasteiger partial charge in [0.25, 0.3) is 0 Å². The molecule has 1 nitrogen and oxygen atoms in total. The third-order valence-corrected chi connectivity index (χ3v) is 2.74. The van der Waals surface area contributed by atoms with Gasteiger partial charge in [-0.1, -0.05) is 19.4 Å². The average Bonchev–Trinajstić information content (AvgIpc) is 2.19. The molecule has 0 amide bonds. The van der Waals surface area contributed by atoms with E-state index in [1.807, 2.05) is 0 Å².